The molecule has 2 atom stereocenters. The standard InChI is InChI=1S/C27H34N6O4/c34-25(28-4-5-33-6-8-36-9-7-33)24-31-26(37-32-24)20-15-29-21-3-1-2-19(21)23(20)30-22-17-10-16-11-18(22)14-27(35,12-16)13-17/h1-2,15-18,22,35H,3-14H2,(H,28,34)(H,29,30). The summed E-state index contributed by atoms with van der Waals surface area (Å²) in [5.74, 6) is 1.52. The zero-order chi connectivity index (χ0) is 25.0. The summed E-state index contributed by atoms with van der Waals surface area (Å²) >= 11 is 0. The van der Waals surface area contributed by atoms with Crippen LogP contribution in [0.1, 0.15) is 54.0 Å². The maximum absolute atomic E-state index is 12.7. The van der Waals surface area contributed by atoms with Crippen LogP contribution in [0.3, 0.4) is 0 Å². The molecule has 10 nitrogen and oxygen atoms in total. The third-order valence-corrected chi connectivity index (χ3v) is 9.02. The van der Waals surface area contributed by atoms with E-state index in [0.29, 0.717) is 36.2 Å². The van der Waals surface area contributed by atoms with Crippen LogP contribution in [0.4, 0.5) is 5.69 Å². The molecule has 37 heavy (non-hydrogen) atoms. The van der Waals surface area contributed by atoms with Crippen LogP contribution in [0, 0.1) is 17.8 Å². The number of hydrogen-bond acceptors (Lipinski definition) is 9. The number of allylic oxidation sites excluding steroid dienone is 1. The fourth-order valence-electron chi connectivity index (χ4n) is 7.55. The highest BCUT2D eigenvalue weighted by atomic mass is 16.5. The molecule has 2 aromatic heterocycles. The van der Waals surface area contributed by atoms with Gasteiger partial charge in [-0.15, -0.1) is 0 Å². The van der Waals surface area contributed by atoms with Crippen LogP contribution in [-0.4, -0.2) is 82.1 Å². The molecular weight excluding hydrogens is 472 g/mol. The Morgan fingerprint density at radius 1 is 1.19 bits per heavy atom. The summed E-state index contributed by atoms with van der Waals surface area (Å²) in [7, 11) is 0. The van der Waals surface area contributed by atoms with Crippen molar-refractivity contribution in [1.82, 2.24) is 25.3 Å². The van der Waals surface area contributed by atoms with Crippen molar-refractivity contribution in [3.8, 4) is 11.5 Å². The Labute approximate surface area is 215 Å². The van der Waals surface area contributed by atoms with E-state index in [9.17, 15) is 9.90 Å². The van der Waals surface area contributed by atoms with E-state index in [1.165, 1.54) is 12.8 Å². The van der Waals surface area contributed by atoms with Crippen molar-refractivity contribution >= 4 is 17.7 Å². The second-order valence-electron chi connectivity index (χ2n) is 11.5. The summed E-state index contributed by atoms with van der Waals surface area (Å²) in [5.41, 5.74) is 3.27. The number of amides is 1. The first kappa shape index (κ1) is 23.3. The third kappa shape index (κ3) is 4.34. The van der Waals surface area contributed by atoms with Gasteiger partial charge in [0.15, 0.2) is 0 Å². The Morgan fingerprint density at radius 3 is 2.78 bits per heavy atom. The molecule has 0 radical (unpaired) electrons. The van der Waals surface area contributed by atoms with Gasteiger partial charge in [-0.05, 0) is 49.9 Å². The maximum atomic E-state index is 12.7. The van der Waals surface area contributed by atoms with Gasteiger partial charge >= 0.3 is 0 Å². The number of pyridine rings is 1. The Kier molecular flexibility index (Phi) is 5.78. The van der Waals surface area contributed by atoms with Crippen molar-refractivity contribution in [2.45, 2.75) is 50.2 Å². The average molecular weight is 507 g/mol. The van der Waals surface area contributed by atoms with Gasteiger partial charge in [-0.1, -0.05) is 17.3 Å². The lowest BCUT2D eigenvalue weighted by atomic mass is 9.52. The zero-order valence-electron chi connectivity index (χ0n) is 21.0. The zero-order valence-corrected chi connectivity index (χ0v) is 21.0. The Balaban J connectivity index is 1.10. The molecule has 5 aliphatic carbocycles. The number of carbonyl (C=O) groups excluding carboxylic acids is 1. The van der Waals surface area contributed by atoms with Crippen molar-refractivity contribution < 1.29 is 19.2 Å². The number of hydrogen-bond donors (Lipinski definition) is 3. The summed E-state index contributed by atoms with van der Waals surface area (Å²) in [5, 5.41) is 21.8. The van der Waals surface area contributed by atoms with Crippen LogP contribution in [-0.2, 0) is 11.2 Å². The molecule has 10 heteroatoms. The first-order valence-electron chi connectivity index (χ1n) is 13.6. The number of ether oxygens (including phenoxy) is 1. The van der Waals surface area contributed by atoms with E-state index < -0.39 is 5.60 Å². The molecule has 5 fully saturated rings. The van der Waals surface area contributed by atoms with Crippen LogP contribution in [0.25, 0.3) is 17.5 Å². The Hall–Kier alpha value is -2.82. The van der Waals surface area contributed by atoms with Gasteiger partial charge in [0.25, 0.3) is 17.6 Å². The van der Waals surface area contributed by atoms with Crippen LogP contribution < -0.4 is 10.6 Å². The topological polar surface area (TPSA) is 126 Å². The number of carbonyl (C=O) groups is 1. The van der Waals surface area contributed by atoms with Crippen LogP contribution >= 0.6 is 0 Å². The van der Waals surface area contributed by atoms with Crippen molar-refractivity contribution in [2.24, 2.45) is 17.8 Å². The van der Waals surface area contributed by atoms with Crippen molar-refractivity contribution in [1.29, 1.82) is 0 Å². The largest absolute Gasteiger partial charge is 0.390 e. The van der Waals surface area contributed by atoms with Crippen molar-refractivity contribution in [2.75, 3.05) is 44.7 Å². The number of nitrogens with zero attached hydrogens (tertiary/aromatic N) is 4. The first-order chi connectivity index (χ1) is 18.0. The van der Waals surface area contributed by atoms with E-state index in [1.54, 1.807) is 6.20 Å². The molecule has 6 aliphatic rings. The van der Waals surface area contributed by atoms with E-state index in [1.807, 2.05) is 0 Å². The fraction of sp³-hybridized carbons (Fsp3) is 0.630. The number of fused-ring (bicyclic) bond motifs is 1. The maximum Gasteiger partial charge on any atom is 0.292 e. The molecule has 0 spiro atoms. The molecule has 3 heterocycles. The van der Waals surface area contributed by atoms with E-state index in [0.717, 1.165) is 81.0 Å². The van der Waals surface area contributed by atoms with Crippen LogP contribution in [0.15, 0.2) is 16.8 Å². The van der Waals surface area contributed by atoms with Gasteiger partial charge in [0.2, 0.25) is 0 Å². The second kappa shape index (κ2) is 9.18. The summed E-state index contributed by atoms with van der Waals surface area (Å²) in [6.07, 6.45) is 11.8. The van der Waals surface area contributed by atoms with E-state index in [4.69, 9.17) is 9.26 Å². The van der Waals surface area contributed by atoms with Crippen molar-refractivity contribution in [3.63, 3.8) is 0 Å². The molecule has 2 unspecified atom stereocenters. The highest BCUT2D eigenvalue weighted by molar-refractivity contribution is 5.91. The molecule has 1 amide bonds. The average Bonchev–Trinajstić information content (AvgIpc) is 3.56. The highest BCUT2D eigenvalue weighted by Gasteiger charge is 2.55. The van der Waals surface area contributed by atoms with Gasteiger partial charge in [-0.25, -0.2) is 0 Å². The number of anilines is 1. The smallest absolute Gasteiger partial charge is 0.292 e. The highest BCUT2D eigenvalue weighted by Crippen LogP contribution is 2.56. The molecule has 2 aromatic rings. The molecule has 0 aromatic carbocycles. The number of rotatable bonds is 7. The molecule has 1 saturated heterocycles. The van der Waals surface area contributed by atoms with E-state index in [-0.39, 0.29) is 11.7 Å². The normalized spacial score (nSPS) is 32.0. The van der Waals surface area contributed by atoms with E-state index in [2.05, 4.69) is 42.8 Å². The van der Waals surface area contributed by atoms with Gasteiger partial charge < -0.3 is 25.0 Å². The minimum atomic E-state index is -0.478. The second-order valence-corrected chi connectivity index (χ2v) is 11.5. The van der Waals surface area contributed by atoms with Gasteiger partial charge in [0.05, 0.1) is 35.8 Å². The Morgan fingerprint density at radius 2 is 2.00 bits per heavy atom. The summed E-state index contributed by atoms with van der Waals surface area (Å²) < 4.78 is 11.0. The predicted octanol–water partition coefficient (Wildman–Crippen LogP) is 2.11. The first-order valence-corrected chi connectivity index (χ1v) is 13.6. The fourth-order valence-corrected chi connectivity index (χ4v) is 7.55. The van der Waals surface area contributed by atoms with E-state index >= 15 is 0 Å². The monoisotopic (exact) mass is 506 g/mol. The molecule has 4 bridgehead atoms. The SMILES string of the molecule is O=C(NCCN1CCOCC1)c1noc(-c2cnc3c(c2NC2C4CC5CC2CC(O)(C5)C4)C=CC3)n1. The minimum absolute atomic E-state index is 0.0239. The minimum Gasteiger partial charge on any atom is -0.390 e. The number of aliphatic hydroxyl groups is 1. The van der Waals surface area contributed by atoms with Crippen LogP contribution in [0.2, 0.25) is 0 Å². The number of aromatic nitrogens is 3. The summed E-state index contributed by atoms with van der Waals surface area (Å²) in [6, 6.07) is 0.293. The quantitative estimate of drug-likeness (QED) is 0.518. The molecule has 196 valence electrons. The van der Waals surface area contributed by atoms with Crippen molar-refractivity contribution in [3.05, 3.63) is 29.4 Å². The lowest BCUT2D eigenvalue weighted by Crippen LogP contribution is -2.59. The van der Waals surface area contributed by atoms with Crippen LogP contribution in [0.5, 0.6) is 0 Å². The van der Waals surface area contributed by atoms with Gasteiger partial charge in [0.1, 0.15) is 0 Å². The number of morpholine rings is 1. The van der Waals surface area contributed by atoms with Gasteiger partial charge in [0, 0.05) is 50.4 Å². The predicted molar refractivity (Wildman–Crippen MR) is 136 cm³/mol. The molecule has 1 aliphatic heterocycles. The molecule has 4 saturated carbocycles. The lowest BCUT2D eigenvalue weighted by Gasteiger charge is -2.58. The molecule has 3 N–H and O–H groups in total. The third-order valence-electron chi connectivity index (χ3n) is 9.02. The van der Waals surface area contributed by atoms with Gasteiger partial charge in [-0.2, -0.15) is 4.98 Å². The molecular formula is C27H34N6O4. The number of nitrogens with one attached hydrogen (secondary N) is 2. The Bertz CT molecular complexity index is 1210. The molecule has 8 rings (SSSR count). The summed E-state index contributed by atoms with van der Waals surface area (Å²) in [6.45, 7) is 4.48. The van der Waals surface area contributed by atoms with Gasteiger partial charge in [-0.3, -0.25) is 14.7 Å². The lowest BCUT2D eigenvalue weighted by molar-refractivity contribution is -0.129. The summed E-state index contributed by atoms with van der Waals surface area (Å²) in [4.78, 5) is 24.1.